The molecule has 0 aliphatic carbocycles. The van der Waals surface area contributed by atoms with Crippen LogP contribution in [-0.2, 0) is 6.42 Å². The number of nitrogens with one attached hydrogen (secondary N) is 1. The molecule has 4 aromatic rings. The van der Waals surface area contributed by atoms with Crippen molar-refractivity contribution in [2.75, 3.05) is 18.5 Å². The van der Waals surface area contributed by atoms with E-state index in [1.165, 1.54) is 37.7 Å². The zero-order valence-corrected chi connectivity index (χ0v) is 27.1. The maximum Gasteiger partial charge on any atom is 0.255 e. The molecule has 0 bridgehead atoms. The smallest absolute Gasteiger partial charge is 0.255 e. The summed E-state index contributed by atoms with van der Waals surface area (Å²) in [6, 6.07) is 21.7. The predicted octanol–water partition coefficient (Wildman–Crippen LogP) is 11.2. The highest BCUT2D eigenvalue weighted by molar-refractivity contribution is 6.35. The number of amides is 1. The van der Waals surface area contributed by atoms with Crippen molar-refractivity contribution in [1.82, 2.24) is 0 Å². The second kappa shape index (κ2) is 16.4. The van der Waals surface area contributed by atoms with Crippen molar-refractivity contribution in [2.45, 2.75) is 51.9 Å². The third-order valence-corrected chi connectivity index (χ3v) is 7.94. The third-order valence-electron chi connectivity index (χ3n) is 7.07. The lowest BCUT2D eigenvalue weighted by Gasteiger charge is -2.19. The Balaban J connectivity index is 1.68. The van der Waals surface area contributed by atoms with Crippen LogP contribution in [0.1, 0.15) is 61.4 Å². The summed E-state index contributed by atoms with van der Waals surface area (Å²) in [4.78, 5) is 13.7. The van der Waals surface area contributed by atoms with E-state index in [1.54, 1.807) is 48.5 Å². The number of hydrogen-bond acceptors (Lipinski definition) is 3. The summed E-state index contributed by atoms with van der Waals surface area (Å²) in [7, 11) is 0. The van der Waals surface area contributed by atoms with E-state index in [0.717, 1.165) is 12.8 Å². The SMILES string of the molecule is CCCCCCCCc1ccc(NC(=O)c2cc(-c3cc(Cl)cc(Cl)c3)c(OCCO)c(-c3cc(Cl)cc(Cl)c3)c2)cc1. The number of aliphatic hydroxyl groups excluding tert-OH is 1. The van der Waals surface area contributed by atoms with Gasteiger partial charge in [-0.25, -0.2) is 0 Å². The van der Waals surface area contributed by atoms with Gasteiger partial charge in [-0.2, -0.15) is 0 Å². The molecule has 0 spiro atoms. The number of unbranched alkanes of at least 4 members (excludes halogenated alkanes) is 5. The highest BCUT2D eigenvalue weighted by Gasteiger charge is 2.20. The van der Waals surface area contributed by atoms with Gasteiger partial charge in [0.05, 0.1) is 6.61 Å². The summed E-state index contributed by atoms with van der Waals surface area (Å²) >= 11 is 25.4. The first-order valence-electron chi connectivity index (χ1n) is 14.5. The minimum atomic E-state index is -0.305. The minimum absolute atomic E-state index is 0.0270. The van der Waals surface area contributed by atoms with Gasteiger partial charge in [-0.05, 0) is 90.2 Å². The Bertz CT molecular complexity index is 1430. The summed E-state index contributed by atoms with van der Waals surface area (Å²) in [5, 5.41) is 14.3. The number of hydrogen-bond donors (Lipinski definition) is 2. The first-order chi connectivity index (χ1) is 20.8. The lowest BCUT2D eigenvalue weighted by atomic mass is 9.94. The van der Waals surface area contributed by atoms with Gasteiger partial charge in [0.1, 0.15) is 12.4 Å². The second-order valence-corrected chi connectivity index (χ2v) is 12.2. The Morgan fingerprint density at radius 3 is 1.74 bits per heavy atom. The Labute approximate surface area is 273 Å². The van der Waals surface area contributed by atoms with Crippen LogP contribution >= 0.6 is 46.4 Å². The highest BCUT2D eigenvalue weighted by atomic mass is 35.5. The molecule has 4 rings (SSSR count). The fourth-order valence-corrected chi connectivity index (χ4v) is 6.03. The van der Waals surface area contributed by atoms with Crippen LogP contribution in [0.15, 0.2) is 72.8 Å². The number of benzene rings is 4. The second-order valence-electron chi connectivity index (χ2n) is 10.5. The van der Waals surface area contributed by atoms with Gasteiger partial charge in [-0.1, -0.05) is 97.6 Å². The first-order valence-corrected chi connectivity index (χ1v) is 16.0. The van der Waals surface area contributed by atoms with Crippen molar-refractivity contribution in [3.63, 3.8) is 0 Å². The van der Waals surface area contributed by atoms with Crippen LogP contribution in [-0.4, -0.2) is 24.2 Å². The molecule has 0 saturated carbocycles. The van der Waals surface area contributed by atoms with Gasteiger partial charge in [0.15, 0.2) is 0 Å². The molecule has 0 fully saturated rings. The molecule has 0 aliphatic rings. The maximum absolute atomic E-state index is 13.7. The molecule has 0 aliphatic heterocycles. The van der Waals surface area contributed by atoms with Crippen molar-refractivity contribution in [3.05, 3.63) is 104 Å². The monoisotopic (exact) mass is 657 g/mol. The van der Waals surface area contributed by atoms with E-state index in [0.29, 0.717) is 59.3 Å². The molecule has 4 nitrogen and oxygen atoms in total. The molecule has 0 aromatic heterocycles. The van der Waals surface area contributed by atoms with Gasteiger partial charge in [0, 0.05) is 42.5 Å². The van der Waals surface area contributed by atoms with Gasteiger partial charge in [-0.3, -0.25) is 4.79 Å². The molecule has 226 valence electrons. The van der Waals surface area contributed by atoms with E-state index in [4.69, 9.17) is 51.1 Å². The van der Waals surface area contributed by atoms with Crippen LogP contribution in [0.3, 0.4) is 0 Å². The van der Waals surface area contributed by atoms with Gasteiger partial charge >= 0.3 is 0 Å². The Kier molecular flexibility index (Phi) is 12.6. The van der Waals surface area contributed by atoms with Crippen molar-refractivity contribution >= 4 is 58.0 Å². The van der Waals surface area contributed by atoms with Crippen molar-refractivity contribution in [1.29, 1.82) is 0 Å². The van der Waals surface area contributed by atoms with E-state index >= 15 is 0 Å². The Morgan fingerprint density at radius 2 is 1.23 bits per heavy atom. The molecule has 2 N–H and O–H groups in total. The van der Waals surface area contributed by atoms with Gasteiger partial charge in [0.2, 0.25) is 0 Å². The molecule has 0 heterocycles. The molecule has 0 radical (unpaired) electrons. The maximum atomic E-state index is 13.7. The van der Waals surface area contributed by atoms with Crippen LogP contribution in [0, 0.1) is 0 Å². The summed E-state index contributed by atoms with van der Waals surface area (Å²) in [6.45, 7) is 2.05. The normalized spacial score (nSPS) is 11.0. The largest absolute Gasteiger partial charge is 0.490 e. The summed E-state index contributed by atoms with van der Waals surface area (Å²) < 4.78 is 6.06. The number of halogens is 4. The van der Waals surface area contributed by atoms with Crippen LogP contribution < -0.4 is 10.1 Å². The van der Waals surface area contributed by atoms with Crippen molar-refractivity contribution < 1.29 is 14.6 Å². The van der Waals surface area contributed by atoms with Crippen LogP contribution in [0.5, 0.6) is 5.75 Å². The third kappa shape index (κ3) is 9.63. The average Bonchev–Trinajstić information content (AvgIpc) is 2.97. The van der Waals surface area contributed by atoms with Crippen LogP contribution in [0.2, 0.25) is 20.1 Å². The molecule has 0 saturated heterocycles. The van der Waals surface area contributed by atoms with Crippen LogP contribution in [0.4, 0.5) is 5.69 Å². The predicted molar refractivity (Wildman–Crippen MR) is 181 cm³/mol. The highest BCUT2D eigenvalue weighted by Crippen LogP contribution is 2.43. The van der Waals surface area contributed by atoms with E-state index < -0.39 is 0 Å². The lowest BCUT2D eigenvalue weighted by Crippen LogP contribution is -2.13. The van der Waals surface area contributed by atoms with E-state index in [2.05, 4.69) is 24.4 Å². The topological polar surface area (TPSA) is 58.6 Å². The quantitative estimate of drug-likeness (QED) is 0.133. The van der Waals surface area contributed by atoms with Crippen LogP contribution in [0.25, 0.3) is 22.3 Å². The molecule has 8 heteroatoms. The number of anilines is 1. The number of carbonyl (C=O) groups excluding carboxylic acids is 1. The summed E-state index contributed by atoms with van der Waals surface area (Å²) in [6.07, 6.45) is 8.54. The van der Waals surface area contributed by atoms with Gasteiger partial charge in [0.25, 0.3) is 5.91 Å². The number of carbonyl (C=O) groups is 1. The molecule has 1 amide bonds. The van der Waals surface area contributed by atoms with Gasteiger partial charge < -0.3 is 15.2 Å². The van der Waals surface area contributed by atoms with Crippen molar-refractivity contribution in [3.8, 4) is 28.0 Å². The Morgan fingerprint density at radius 1 is 0.721 bits per heavy atom. The zero-order chi connectivity index (χ0) is 30.8. The molecule has 0 atom stereocenters. The summed E-state index contributed by atoms with van der Waals surface area (Å²) in [5.41, 5.74) is 4.76. The first kappa shape index (κ1) is 33.2. The van der Waals surface area contributed by atoms with E-state index in [9.17, 15) is 9.90 Å². The van der Waals surface area contributed by atoms with Crippen molar-refractivity contribution in [2.24, 2.45) is 0 Å². The van der Waals surface area contributed by atoms with E-state index in [-0.39, 0.29) is 19.1 Å². The average molecular weight is 659 g/mol. The molecular formula is C35H35Cl4NO3. The van der Waals surface area contributed by atoms with Gasteiger partial charge in [-0.15, -0.1) is 0 Å². The fourth-order valence-electron chi connectivity index (χ4n) is 4.98. The fraction of sp³-hybridized carbons (Fsp3) is 0.286. The molecular weight excluding hydrogens is 624 g/mol. The molecule has 0 unspecified atom stereocenters. The number of ether oxygens (including phenoxy) is 1. The van der Waals surface area contributed by atoms with E-state index in [1.807, 2.05) is 12.1 Å². The number of aliphatic hydroxyl groups is 1. The Hall–Kier alpha value is -2.73. The standard InChI is InChI=1S/C35H35Cl4NO3/c1-2-3-4-5-6-7-8-23-9-11-31(12-10-23)40-35(42)26-19-32(24-15-27(36)21-28(37)16-24)34(43-14-13-41)33(20-26)25-17-29(38)22-30(39)18-25/h9-12,15-22,41H,2-8,13-14H2,1H3,(H,40,42). The number of rotatable bonds is 14. The summed E-state index contributed by atoms with van der Waals surface area (Å²) in [5.74, 6) is 0.127. The number of aryl methyl sites for hydroxylation is 1. The molecule has 4 aromatic carbocycles. The molecule has 43 heavy (non-hydrogen) atoms. The minimum Gasteiger partial charge on any atom is -0.490 e. The zero-order valence-electron chi connectivity index (χ0n) is 24.1. The lowest BCUT2D eigenvalue weighted by molar-refractivity contribution is 0.102.